The first-order valence-corrected chi connectivity index (χ1v) is 10.2. The number of nitrogens with one attached hydrogen (secondary N) is 2. The number of rotatable bonds is 6. The maximum absolute atomic E-state index is 12.7. The number of benzene rings is 1. The van der Waals surface area contributed by atoms with Gasteiger partial charge in [-0.2, -0.15) is 0 Å². The lowest BCUT2D eigenvalue weighted by atomic mass is 10.2. The SMILES string of the molecule is CCn1c(SCC(=O)NC(=O)NCc2ccco2)nc2ccc(Br)cc2c1=O. The van der Waals surface area contributed by atoms with Gasteiger partial charge in [-0.05, 0) is 37.3 Å². The number of nitrogens with zero attached hydrogens (tertiary/aromatic N) is 2. The number of halogens is 1. The van der Waals surface area contributed by atoms with Crippen LogP contribution in [0.2, 0.25) is 0 Å². The highest BCUT2D eigenvalue weighted by atomic mass is 79.9. The maximum atomic E-state index is 12.7. The molecule has 0 saturated heterocycles. The minimum atomic E-state index is -0.619. The van der Waals surface area contributed by atoms with Crippen LogP contribution in [0.3, 0.4) is 0 Å². The highest BCUT2D eigenvalue weighted by Gasteiger charge is 2.14. The third-order valence-corrected chi connectivity index (χ3v) is 5.26. The predicted octanol–water partition coefficient (Wildman–Crippen LogP) is 2.89. The first kappa shape index (κ1) is 20.2. The van der Waals surface area contributed by atoms with Crippen molar-refractivity contribution in [2.75, 3.05) is 5.75 Å². The second kappa shape index (κ2) is 9.07. The van der Waals surface area contributed by atoms with Crippen molar-refractivity contribution in [1.82, 2.24) is 20.2 Å². The Balaban J connectivity index is 1.64. The Bertz CT molecular complexity index is 1070. The molecule has 0 unspecified atom stereocenters. The number of carbonyl (C=O) groups excluding carboxylic acids is 2. The minimum absolute atomic E-state index is 0.0529. The summed E-state index contributed by atoms with van der Waals surface area (Å²) in [5, 5.41) is 5.69. The molecule has 0 spiro atoms. The molecule has 3 amide bonds. The molecule has 0 aliphatic heterocycles. The van der Waals surface area contributed by atoms with E-state index in [1.54, 1.807) is 30.3 Å². The van der Waals surface area contributed by atoms with Gasteiger partial charge in [0.25, 0.3) is 5.56 Å². The second-order valence-corrected chi connectivity index (χ2v) is 7.56. The zero-order valence-electron chi connectivity index (χ0n) is 14.9. The van der Waals surface area contributed by atoms with Gasteiger partial charge in [0.1, 0.15) is 5.76 Å². The van der Waals surface area contributed by atoms with Crippen LogP contribution in [-0.2, 0) is 17.9 Å². The number of furan rings is 1. The molecule has 28 heavy (non-hydrogen) atoms. The van der Waals surface area contributed by atoms with E-state index in [1.807, 2.05) is 6.92 Å². The number of aromatic nitrogens is 2. The highest BCUT2D eigenvalue weighted by Crippen LogP contribution is 2.20. The van der Waals surface area contributed by atoms with E-state index in [0.717, 1.165) is 16.2 Å². The van der Waals surface area contributed by atoms with Gasteiger partial charge in [0, 0.05) is 11.0 Å². The van der Waals surface area contributed by atoms with Crippen LogP contribution in [0.15, 0.2) is 55.4 Å². The molecule has 0 aliphatic carbocycles. The normalized spacial score (nSPS) is 10.8. The Morgan fingerprint density at radius 1 is 1.32 bits per heavy atom. The van der Waals surface area contributed by atoms with Crippen LogP contribution in [0.1, 0.15) is 12.7 Å². The van der Waals surface area contributed by atoms with Gasteiger partial charge in [0.05, 0.1) is 29.5 Å². The topological polar surface area (TPSA) is 106 Å². The third kappa shape index (κ3) is 4.82. The van der Waals surface area contributed by atoms with Crippen LogP contribution in [0.5, 0.6) is 0 Å². The lowest BCUT2D eigenvalue weighted by molar-refractivity contribution is -0.117. The highest BCUT2D eigenvalue weighted by molar-refractivity contribution is 9.10. The van der Waals surface area contributed by atoms with Crippen molar-refractivity contribution in [2.24, 2.45) is 0 Å². The average Bonchev–Trinajstić information content (AvgIpc) is 3.19. The quantitative estimate of drug-likeness (QED) is 0.429. The Kier molecular flexibility index (Phi) is 6.53. The van der Waals surface area contributed by atoms with Crippen LogP contribution in [-0.4, -0.2) is 27.2 Å². The molecule has 2 N–H and O–H groups in total. The minimum Gasteiger partial charge on any atom is -0.467 e. The number of imide groups is 1. The van der Waals surface area contributed by atoms with Gasteiger partial charge in [-0.25, -0.2) is 9.78 Å². The largest absolute Gasteiger partial charge is 0.467 e. The van der Waals surface area contributed by atoms with Crippen molar-refractivity contribution < 1.29 is 14.0 Å². The summed E-state index contributed by atoms with van der Waals surface area (Å²) in [7, 11) is 0. The van der Waals surface area contributed by atoms with E-state index < -0.39 is 11.9 Å². The Morgan fingerprint density at radius 3 is 2.86 bits per heavy atom. The molecule has 3 aromatic rings. The molecule has 8 nitrogen and oxygen atoms in total. The molecule has 0 aliphatic rings. The monoisotopic (exact) mass is 464 g/mol. The standard InChI is InChI=1S/C18H17BrN4O4S/c1-2-23-16(25)13-8-11(19)5-6-14(13)21-18(23)28-10-15(24)22-17(26)20-9-12-4-3-7-27-12/h3-8H,2,9-10H2,1H3,(H2,20,22,24,26). The number of amides is 3. The zero-order chi connectivity index (χ0) is 20.1. The van der Waals surface area contributed by atoms with Gasteiger partial charge < -0.3 is 9.73 Å². The number of hydrogen-bond acceptors (Lipinski definition) is 6. The van der Waals surface area contributed by atoms with E-state index in [4.69, 9.17) is 4.42 Å². The molecule has 1 aromatic carbocycles. The maximum Gasteiger partial charge on any atom is 0.321 e. The summed E-state index contributed by atoms with van der Waals surface area (Å²) >= 11 is 4.45. The molecule has 146 valence electrons. The third-order valence-electron chi connectivity index (χ3n) is 3.79. The Labute approximate surface area is 172 Å². The molecule has 0 saturated carbocycles. The van der Waals surface area contributed by atoms with Gasteiger partial charge in [-0.15, -0.1) is 0 Å². The second-order valence-electron chi connectivity index (χ2n) is 5.70. The number of carbonyl (C=O) groups is 2. The van der Waals surface area contributed by atoms with E-state index in [2.05, 4.69) is 31.5 Å². The smallest absolute Gasteiger partial charge is 0.321 e. The van der Waals surface area contributed by atoms with Gasteiger partial charge in [0.15, 0.2) is 5.16 Å². The Morgan fingerprint density at radius 2 is 2.14 bits per heavy atom. The van der Waals surface area contributed by atoms with Gasteiger partial charge in [-0.3, -0.25) is 19.5 Å². The van der Waals surface area contributed by atoms with Gasteiger partial charge >= 0.3 is 6.03 Å². The first-order valence-electron chi connectivity index (χ1n) is 8.41. The zero-order valence-corrected chi connectivity index (χ0v) is 17.3. The molecule has 0 atom stereocenters. The van der Waals surface area contributed by atoms with E-state index in [-0.39, 0.29) is 17.9 Å². The van der Waals surface area contributed by atoms with E-state index >= 15 is 0 Å². The molecule has 0 radical (unpaired) electrons. The van der Waals surface area contributed by atoms with Crippen LogP contribution in [0, 0.1) is 0 Å². The summed E-state index contributed by atoms with van der Waals surface area (Å²) in [6, 6.07) is 8.07. The Hall–Kier alpha value is -2.59. The van der Waals surface area contributed by atoms with Crippen LogP contribution >= 0.6 is 27.7 Å². The molecule has 2 aromatic heterocycles. The van der Waals surface area contributed by atoms with Crippen LogP contribution in [0.25, 0.3) is 10.9 Å². The van der Waals surface area contributed by atoms with Gasteiger partial charge in [-0.1, -0.05) is 27.7 Å². The van der Waals surface area contributed by atoms with E-state index in [9.17, 15) is 14.4 Å². The first-order chi connectivity index (χ1) is 13.5. The predicted molar refractivity (Wildman–Crippen MR) is 109 cm³/mol. The van der Waals surface area contributed by atoms with Gasteiger partial charge in [0.2, 0.25) is 5.91 Å². The summed E-state index contributed by atoms with van der Waals surface area (Å²) in [5.41, 5.74) is 0.380. The number of fused-ring (bicyclic) bond motifs is 1. The van der Waals surface area contributed by atoms with Crippen molar-refractivity contribution in [3.05, 3.63) is 57.2 Å². The summed E-state index contributed by atoms with van der Waals surface area (Å²) < 4.78 is 7.40. The molecule has 2 heterocycles. The average molecular weight is 465 g/mol. The summed E-state index contributed by atoms with van der Waals surface area (Å²) in [6.45, 7) is 2.43. The molecular weight excluding hydrogens is 448 g/mol. The molecule has 10 heteroatoms. The number of thioether (sulfide) groups is 1. The van der Waals surface area contributed by atoms with Crippen molar-refractivity contribution >= 4 is 50.5 Å². The van der Waals surface area contributed by atoms with Crippen molar-refractivity contribution in [2.45, 2.75) is 25.2 Å². The van der Waals surface area contributed by atoms with Crippen molar-refractivity contribution in [3.8, 4) is 0 Å². The number of hydrogen-bond donors (Lipinski definition) is 2. The summed E-state index contributed by atoms with van der Waals surface area (Å²) in [4.78, 5) is 41.0. The van der Waals surface area contributed by atoms with Crippen LogP contribution < -0.4 is 16.2 Å². The molecule has 3 rings (SSSR count). The molecular formula is C18H17BrN4O4S. The molecule has 0 bridgehead atoms. The fourth-order valence-corrected chi connectivity index (χ4v) is 3.70. The van der Waals surface area contributed by atoms with E-state index in [1.165, 1.54) is 10.8 Å². The fraction of sp³-hybridized carbons (Fsp3) is 0.222. The lowest BCUT2D eigenvalue weighted by Crippen LogP contribution is -2.40. The van der Waals surface area contributed by atoms with Crippen molar-refractivity contribution in [3.63, 3.8) is 0 Å². The lowest BCUT2D eigenvalue weighted by Gasteiger charge is -2.11. The van der Waals surface area contributed by atoms with E-state index in [0.29, 0.717) is 28.4 Å². The summed E-state index contributed by atoms with van der Waals surface area (Å²) in [5.74, 6) is 0.0357. The fourth-order valence-electron chi connectivity index (χ4n) is 2.48. The van der Waals surface area contributed by atoms with Crippen molar-refractivity contribution in [1.29, 1.82) is 0 Å². The number of urea groups is 1. The summed E-state index contributed by atoms with van der Waals surface area (Å²) in [6.07, 6.45) is 1.50. The van der Waals surface area contributed by atoms with Crippen LogP contribution in [0.4, 0.5) is 4.79 Å². The molecule has 0 fully saturated rings.